The molecule has 0 aliphatic rings. The van der Waals surface area contributed by atoms with Gasteiger partial charge in [0.2, 0.25) is 0 Å². The van der Waals surface area contributed by atoms with Crippen LogP contribution in [0.3, 0.4) is 0 Å². The molecule has 0 fully saturated rings. The number of rotatable bonds is 7. The Bertz CT molecular complexity index is 423. The molecular weight excluding hydrogens is 331 g/mol. The third-order valence-electron chi connectivity index (χ3n) is 1.88. The van der Waals surface area contributed by atoms with Gasteiger partial charge in [-0.25, -0.2) is 4.57 Å². The maximum atomic E-state index is 12.4. The van der Waals surface area contributed by atoms with Crippen molar-refractivity contribution in [2.24, 2.45) is 0 Å². The maximum absolute atomic E-state index is 12.4. The van der Waals surface area contributed by atoms with E-state index in [0.29, 0.717) is 0 Å². The first-order valence-electron chi connectivity index (χ1n) is 6.06. The van der Waals surface area contributed by atoms with Crippen LogP contribution in [0.5, 0.6) is 0 Å². The normalized spacial score (nSPS) is 12.2. The molecule has 1 aromatic carbocycles. The van der Waals surface area contributed by atoms with Crippen LogP contribution < -0.4 is 10.6 Å². The third-order valence-corrected chi connectivity index (χ3v) is 4.19. The van der Waals surface area contributed by atoms with Gasteiger partial charge in [-0.05, 0) is 52.0 Å². The molecule has 0 radical (unpaired) electrons. The maximum Gasteiger partial charge on any atom is 0.423 e. The van der Waals surface area contributed by atoms with E-state index in [2.05, 4.69) is 26.6 Å². The lowest BCUT2D eigenvalue weighted by Gasteiger charge is -2.23. The molecule has 1 rings (SSSR count). The van der Waals surface area contributed by atoms with Crippen molar-refractivity contribution in [1.29, 1.82) is 0 Å². The Kier molecular flexibility index (Phi) is 6.50. The van der Waals surface area contributed by atoms with Crippen molar-refractivity contribution in [2.75, 3.05) is 5.43 Å². The molecule has 0 heterocycles. The van der Waals surface area contributed by atoms with E-state index in [-0.39, 0.29) is 12.2 Å². The average molecular weight is 351 g/mol. The van der Waals surface area contributed by atoms with Gasteiger partial charge in [0.15, 0.2) is 0 Å². The van der Waals surface area contributed by atoms with Gasteiger partial charge >= 0.3 is 7.75 Å². The van der Waals surface area contributed by atoms with E-state index in [0.717, 1.165) is 10.2 Å². The number of benzene rings is 1. The molecule has 5 nitrogen and oxygen atoms in total. The second-order valence-corrected chi connectivity index (χ2v) is 7.11. The van der Waals surface area contributed by atoms with Crippen molar-refractivity contribution in [3.8, 4) is 0 Å². The zero-order valence-electron chi connectivity index (χ0n) is 11.5. The number of hydrazine groups is 1. The Hall–Kier alpha value is -0.390. The number of hydrogen-bond acceptors (Lipinski definition) is 4. The highest BCUT2D eigenvalue weighted by Crippen LogP contribution is 2.45. The van der Waals surface area contributed by atoms with Crippen molar-refractivity contribution < 1.29 is 13.6 Å². The van der Waals surface area contributed by atoms with Crippen LogP contribution >= 0.6 is 23.7 Å². The topological polar surface area (TPSA) is 59.6 Å². The van der Waals surface area contributed by atoms with Crippen LogP contribution in [-0.4, -0.2) is 12.2 Å². The molecule has 0 aliphatic heterocycles. The van der Waals surface area contributed by atoms with E-state index in [9.17, 15) is 4.57 Å². The lowest BCUT2D eigenvalue weighted by Crippen LogP contribution is -2.24. The molecule has 0 atom stereocenters. The smallest absolute Gasteiger partial charge is 0.312 e. The molecule has 0 saturated heterocycles. The monoisotopic (exact) mass is 350 g/mol. The van der Waals surface area contributed by atoms with E-state index in [4.69, 9.17) is 9.05 Å². The van der Waals surface area contributed by atoms with Crippen LogP contribution in [0.2, 0.25) is 0 Å². The average Bonchev–Trinajstić information content (AvgIpc) is 2.26. The summed E-state index contributed by atoms with van der Waals surface area (Å²) in [5.74, 6) is 0. The molecule has 2 N–H and O–H groups in total. The van der Waals surface area contributed by atoms with Gasteiger partial charge in [0.1, 0.15) is 0 Å². The second kappa shape index (κ2) is 7.41. The minimum atomic E-state index is -3.38. The molecule has 7 heteroatoms. The zero-order chi connectivity index (χ0) is 14.5. The van der Waals surface area contributed by atoms with Crippen LogP contribution in [0.15, 0.2) is 28.7 Å². The summed E-state index contributed by atoms with van der Waals surface area (Å²) in [4.78, 5) is 0. The van der Waals surface area contributed by atoms with Gasteiger partial charge in [-0.2, -0.15) is 0 Å². The summed E-state index contributed by atoms with van der Waals surface area (Å²) in [6.45, 7) is 7.21. The van der Waals surface area contributed by atoms with Gasteiger partial charge in [-0.1, -0.05) is 15.9 Å². The van der Waals surface area contributed by atoms with E-state index < -0.39 is 7.75 Å². The van der Waals surface area contributed by atoms with Crippen LogP contribution in [0.4, 0.5) is 5.69 Å². The van der Waals surface area contributed by atoms with Gasteiger partial charge in [0.05, 0.1) is 12.2 Å². The number of hydrogen-bond donors (Lipinski definition) is 2. The molecule has 0 bridgehead atoms. The second-order valence-electron chi connectivity index (χ2n) is 4.55. The van der Waals surface area contributed by atoms with Gasteiger partial charge in [0, 0.05) is 10.2 Å². The standard InChI is InChI=1S/C12H20BrN2O3P/c1-9(2)17-19(16,18-10(3)4)15-14-12-7-5-11(13)6-8-12/h5-10,14H,1-4H3,(H,15,16). The Morgan fingerprint density at radius 2 is 1.53 bits per heavy atom. The highest BCUT2D eigenvalue weighted by Gasteiger charge is 2.27. The minimum Gasteiger partial charge on any atom is -0.312 e. The molecule has 19 heavy (non-hydrogen) atoms. The zero-order valence-corrected chi connectivity index (χ0v) is 14.0. The summed E-state index contributed by atoms with van der Waals surface area (Å²) in [6.07, 6.45) is -0.410. The summed E-state index contributed by atoms with van der Waals surface area (Å²) in [7, 11) is -3.38. The third kappa shape index (κ3) is 6.54. The van der Waals surface area contributed by atoms with Crippen LogP contribution in [-0.2, 0) is 13.6 Å². The molecule has 108 valence electrons. The van der Waals surface area contributed by atoms with E-state index in [1.54, 1.807) is 27.7 Å². The molecular formula is C12H20BrN2O3P. The fourth-order valence-corrected chi connectivity index (χ4v) is 3.09. The van der Waals surface area contributed by atoms with Gasteiger partial charge in [-0.3, -0.25) is 9.05 Å². The summed E-state index contributed by atoms with van der Waals surface area (Å²) in [6, 6.07) is 7.43. The molecule has 1 aromatic rings. The SMILES string of the molecule is CC(C)OP(=O)(NNc1ccc(Br)cc1)OC(C)C. The molecule has 0 unspecified atom stereocenters. The summed E-state index contributed by atoms with van der Waals surface area (Å²) >= 11 is 3.35. The predicted molar refractivity (Wildman–Crippen MR) is 80.9 cm³/mol. The Balaban J connectivity index is 2.67. The highest BCUT2D eigenvalue weighted by molar-refractivity contribution is 9.10. The Morgan fingerprint density at radius 1 is 1.05 bits per heavy atom. The largest absolute Gasteiger partial charge is 0.423 e. The van der Waals surface area contributed by atoms with Gasteiger partial charge < -0.3 is 5.43 Å². The Labute approximate surface area is 122 Å². The first kappa shape index (κ1) is 16.7. The highest BCUT2D eigenvalue weighted by atomic mass is 79.9. The fourth-order valence-electron chi connectivity index (χ4n) is 1.30. The van der Waals surface area contributed by atoms with Crippen LogP contribution in [0.25, 0.3) is 0 Å². The van der Waals surface area contributed by atoms with Gasteiger partial charge in [0.25, 0.3) is 0 Å². The van der Waals surface area contributed by atoms with Crippen molar-refractivity contribution in [1.82, 2.24) is 5.20 Å². The Morgan fingerprint density at radius 3 is 1.95 bits per heavy atom. The lowest BCUT2D eigenvalue weighted by atomic mass is 10.3. The van der Waals surface area contributed by atoms with Crippen molar-refractivity contribution in [3.05, 3.63) is 28.7 Å². The van der Waals surface area contributed by atoms with Crippen molar-refractivity contribution in [3.63, 3.8) is 0 Å². The van der Waals surface area contributed by atoms with E-state index in [1.165, 1.54) is 0 Å². The quantitative estimate of drug-likeness (QED) is 0.566. The number of halogens is 1. The lowest BCUT2D eigenvalue weighted by molar-refractivity contribution is 0.137. The summed E-state index contributed by atoms with van der Waals surface area (Å²) < 4.78 is 24.1. The van der Waals surface area contributed by atoms with Crippen molar-refractivity contribution >= 4 is 29.4 Å². The predicted octanol–water partition coefficient (Wildman–Crippen LogP) is 4.32. The van der Waals surface area contributed by atoms with Crippen molar-refractivity contribution in [2.45, 2.75) is 39.9 Å². The van der Waals surface area contributed by atoms with E-state index in [1.807, 2.05) is 24.3 Å². The van der Waals surface area contributed by atoms with E-state index >= 15 is 0 Å². The van der Waals surface area contributed by atoms with Crippen LogP contribution in [0, 0.1) is 0 Å². The summed E-state index contributed by atoms with van der Waals surface area (Å²) in [5.41, 5.74) is 3.61. The molecule has 0 spiro atoms. The molecule has 0 aliphatic carbocycles. The van der Waals surface area contributed by atoms with Crippen LogP contribution in [0.1, 0.15) is 27.7 Å². The first-order valence-corrected chi connectivity index (χ1v) is 8.40. The summed E-state index contributed by atoms with van der Waals surface area (Å²) in [5, 5.41) is 2.64. The number of anilines is 1. The minimum absolute atomic E-state index is 0.205. The fraction of sp³-hybridized carbons (Fsp3) is 0.500. The molecule has 0 saturated carbocycles. The molecule has 0 amide bonds. The number of nitrogens with one attached hydrogen (secondary N) is 2. The van der Waals surface area contributed by atoms with Gasteiger partial charge in [-0.15, -0.1) is 5.20 Å². The first-order chi connectivity index (χ1) is 8.81. The molecule has 0 aromatic heterocycles.